The van der Waals surface area contributed by atoms with E-state index in [2.05, 4.69) is 22.2 Å². The van der Waals surface area contributed by atoms with Crippen LogP contribution in [-0.4, -0.2) is 22.6 Å². The molecule has 1 aliphatic carbocycles. The summed E-state index contributed by atoms with van der Waals surface area (Å²) < 4.78 is 40.3. The van der Waals surface area contributed by atoms with Gasteiger partial charge >= 0.3 is 0 Å². The molecule has 0 saturated heterocycles. The summed E-state index contributed by atoms with van der Waals surface area (Å²) in [7, 11) is -0.483. The fourth-order valence-corrected chi connectivity index (χ4v) is 6.37. The van der Waals surface area contributed by atoms with Gasteiger partial charge in [0.15, 0.2) is 0 Å². The Morgan fingerprint density at radius 2 is 1.83 bits per heavy atom. The first-order valence-electron chi connectivity index (χ1n) is 11.4. The van der Waals surface area contributed by atoms with Crippen molar-refractivity contribution < 1.29 is 17.9 Å². The smallest absolute Gasteiger partial charge is 0.261 e. The molecule has 3 atom stereocenters. The lowest BCUT2D eigenvalue weighted by molar-refractivity contribution is 0.374. The number of methoxy groups -OCH3 is 2. The predicted octanol–water partition coefficient (Wildman–Crippen LogP) is 6.29. The van der Waals surface area contributed by atoms with Gasteiger partial charge in [0.2, 0.25) is 0 Å². The second-order valence-electron chi connectivity index (χ2n) is 8.90. The lowest BCUT2D eigenvalue weighted by atomic mass is 9.77. The summed E-state index contributed by atoms with van der Waals surface area (Å²) in [4.78, 5) is 0.217. The standard InChI is InChI=1S/C27H27ClN2O4S/c1-16-7-8-17(28)13-25(16)30-35(31,32)19-10-11-24-22(15-19)20-5-4-6-21(20)27(29-24)23-14-18(33-2)9-12-26(23)34-3/h4-5,7-15,20-21,27,29-30H,6H2,1-3H3/t20-,21+,27-/m0/s1. The fraction of sp³-hybridized carbons (Fsp3) is 0.259. The summed E-state index contributed by atoms with van der Waals surface area (Å²) in [5.41, 5.74) is 4.16. The Kier molecular flexibility index (Phi) is 6.15. The van der Waals surface area contributed by atoms with Crippen molar-refractivity contribution in [1.29, 1.82) is 0 Å². The van der Waals surface area contributed by atoms with E-state index in [9.17, 15) is 8.42 Å². The molecule has 0 bridgehead atoms. The molecule has 0 amide bonds. The number of allylic oxidation sites excluding steroid dienone is 2. The van der Waals surface area contributed by atoms with Crippen LogP contribution >= 0.6 is 11.6 Å². The second kappa shape index (κ2) is 9.13. The summed E-state index contributed by atoms with van der Waals surface area (Å²) in [6.07, 6.45) is 5.22. The second-order valence-corrected chi connectivity index (χ2v) is 11.0. The van der Waals surface area contributed by atoms with Crippen molar-refractivity contribution in [3.05, 3.63) is 88.5 Å². The Bertz CT molecular complexity index is 1420. The molecule has 1 heterocycles. The van der Waals surface area contributed by atoms with E-state index in [0.29, 0.717) is 10.7 Å². The van der Waals surface area contributed by atoms with Crippen molar-refractivity contribution in [1.82, 2.24) is 0 Å². The van der Waals surface area contributed by atoms with Gasteiger partial charge in [-0.05, 0) is 78.9 Å². The van der Waals surface area contributed by atoms with Gasteiger partial charge in [-0.15, -0.1) is 0 Å². The third-order valence-corrected chi connectivity index (χ3v) is 8.46. The van der Waals surface area contributed by atoms with Crippen LogP contribution in [-0.2, 0) is 10.0 Å². The van der Waals surface area contributed by atoms with E-state index in [1.54, 1.807) is 44.6 Å². The molecule has 0 saturated carbocycles. The number of benzene rings is 3. The number of nitrogens with one attached hydrogen (secondary N) is 2. The monoisotopic (exact) mass is 510 g/mol. The molecule has 0 radical (unpaired) electrons. The number of anilines is 2. The third-order valence-electron chi connectivity index (χ3n) is 6.86. The first-order chi connectivity index (χ1) is 16.8. The topological polar surface area (TPSA) is 76.7 Å². The van der Waals surface area contributed by atoms with Gasteiger partial charge < -0.3 is 14.8 Å². The van der Waals surface area contributed by atoms with E-state index in [-0.39, 0.29) is 22.8 Å². The minimum absolute atomic E-state index is 0.0118. The molecule has 0 unspecified atom stereocenters. The van der Waals surface area contributed by atoms with Gasteiger partial charge in [0, 0.05) is 22.2 Å². The van der Waals surface area contributed by atoms with Crippen molar-refractivity contribution >= 4 is 33.0 Å². The first-order valence-corrected chi connectivity index (χ1v) is 13.2. The molecule has 0 fully saturated rings. The first kappa shape index (κ1) is 23.6. The fourth-order valence-electron chi connectivity index (χ4n) is 5.04. The van der Waals surface area contributed by atoms with Gasteiger partial charge in [0.05, 0.1) is 30.8 Å². The van der Waals surface area contributed by atoms with Crippen LogP contribution in [0, 0.1) is 12.8 Å². The highest BCUT2D eigenvalue weighted by Crippen LogP contribution is 2.52. The number of aryl methyl sites for hydroxylation is 1. The molecular weight excluding hydrogens is 484 g/mol. The number of halogens is 1. The molecule has 2 N–H and O–H groups in total. The van der Waals surface area contributed by atoms with Crippen LogP contribution in [0.25, 0.3) is 0 Å². The van der Waals surface area contributed by atoms with Gasteiger partial charge in [0.1, 0.15) is 11.5 Å². The van der Waals surface area contributed by atoms with E-state index in [1.165, 1.54) is 0 Å². The average Bonchev–Trinajstić information content (AvgIpc) is 3.35. The van der Waals surface area contributed by atoms with Gasteiger partial charge in [-0.2, -0.15) is 0 Å². The highest BCUT2D eigenvalue weighted by molar-refractivity contribution is 7.92. The number of ether oxygens (including phenoxy) is 2. The lowest BCUT2D eigenvalue weighted by Crippen LogP contribution is -2.29. The maximum absolute atomic E-state index is 13.3. The van der Waals surface area contributed by atoms with Crippen LogP contribution in [0.1, 0.15) is 35.1 Å². The number of sulfonamides is 1. The Morgan fingerprint density at radius 1 is 1.00 bits per heavy atom. The SMILES string of the molecule is COc1ccc(OC)c([C@H]2Nc3ccc(S(=O)(=O)Nc4cc(Cl)ccc4C)cc3[C@H]3C=CC[C@H]32)c1. The van der Waals surface area contributed by atoms with E-state index in [0.717, 1.165) is 40.3 Å². The molecular formula is C27H27ClN2O4S. The molecule has 3 aromatic rings. The normalized spacial score (nSPS) is 20.5. The van der Waals surface area contributed by atoms with Gasteiger partial charge in [0.25, 0.3) is 10.0 Å². The van der Waals surface area contributed by atoms with Gasteiger partial charge in [-0.3, -0.25) is 4.72 Å². The van der Waals surface area contributed by atoms with Crippen molar-refractivity contribution in [3.63, 3.8) is 0 Å². The Hall–Kier alpha value is -3.16. The molecule has 3 aromatic carbocycles. The van der Waals surface area contributed by atoms with E-state index < -0.39 is 10.0 Å². The van der Waals surface area contributed by atoms with Crippen molar-refractivity contribution in [2.45, 2.75) is 30.2 Å². The lowest BCUT2D eigenvalue weighted by Gasteiger charge is -2.38. The van der Waals surface area contributed by atoms with E-state index in [1.807, 2.05) is 31.2 Å². The Labute approximate surface area is 211 Å². The number of hydrogen-bond acceptors (Lipinski definition) is 5. The Balaban J connectivity index is 1.52. The molecule has 1 aliphatic heterocycles. The maximum atomic E-state index is 13.3. The summed E-state index contributed by atoms with van der Waals surface area (Å²) >= 11 is 6.08. The van der Waals surface area contributed by atoms with Crippen molar-refractivity contribution in [3.8, 4) is 11.5 Å². The molecule has 2 aliphatic rings. The van der Waals surface area contributed by atoms with E-state index >= 15 is 0 Å². The maximum Gasteiger partial charge on any atom is 0.261 e. The van der Waals surface area contributed by atoms with Crippen LogP contribution in [0.4, 0.5) is 11.4 Å². The molecule has 5 rings (SSSR count). The van der Waals surface area contributed by atoms with Crippen LogP contribution in [0.2, 0.25) is 5.02 Å². The quantitative estimate of drug-likeness (QED) is 0.381. The van der Waals surface area contributed by atoms with Crippen LogP contribution in [0.3, 0.4) is 0 Å². The summed E-state index contributed by atoms with van der Waals surface area (Å²) in [6.45, 7) is 1.84. The zero-order chi connectivity index (χ0) is 24.7. The Morgan fingerprint density at radius 3 is 2.60 bits per heavy atom. The molecule has 182 valence electrons. The zero-order valence-electron chi connectivity index (χ0n) is 19.7. The average molecular weight is 511 g/mol. The van der Waals surface area contributed by atoms with Crippen LogP contribution in [0.5, 0.6) is 11.5 Å². The zero-order valence-corrected chi connectivity index (χ0v) is 21.3. The summed E-state index contributed by atoms with van der Waals surface area (Å²) in [5.74, 6) is 1.84. The molecule has 0 aromatic heterocycles. The largest absolute Gasteiger partial charge is 0.497 e. The summed E-state index contributed by atoms with van der Waals surface area (Å²) in [6, 6.07) is 16.2. The summed E-state index contributed by atoms with van der Waals surface area (Å²) in [5, 5.41) is 4.12. The van der Waals surface area contributed by atoms with Gasteiger partial charge in [-0.1, -0.05) is 29.8 Å². The molecule has 35 heavy (non-hydrogen) atoms. The highest BCUT2D eigenvalue weighted by Gasteiger charge is 2.39. The highest BCUT2D eigenvalue weighted by atomic mass is 35.5. The predicted molar refractivity (Wildman–Crippen MR) is 139 cm³/mol. The van der Waals surface area contributed by atoms with Gasteiger partial charge in [-0.25, -0.2) is 8.42 Å². The minimum Gasteiger partial charge on any atom is -0.497 e. The molecule has 0 spiro atoms. The van der Waals surface area contributed by atoms with Crippen LogP contribution in [0.15, 0.2) is 71.6 Å². The van der Waals surface area contributed by atoms with Crippen molar-refractivity contribution in [2.75, 3.05) is 24.3 Å². The number of fused-ring (bicyclic) bond motifs is 3. The minimum atomic E-state index is -3.80. The van der Waals surface area contributed by atoms with E-state index in [4.69, 9.17) is 21.1 Å². The number of rotatable bonds is 6. The van der Waals surface area contributed by atoms with Crippen molar-refractivity contribution in [2.24, 2.45) is 5.92 Å². The molecule has 6 nitrogen and oxygen atoms in total. The number of hydrogen-bond donors (Lipinski definition) is 2. The molecule has 8 heteroatoms. The third kappa shape index (κ3) is 4.34. The van der Waals surface area contributed by atoms with Crippen LogP contribution < -0.4 is 19.5 Å².